The maximum atomic E-state index is 13.5. The van der Waals surface area contributed by atoms with E-state index in [4.69, 9.17) is 5.10 Å². The summed E-state index contributed by atoms with van der Waals surface area (Å²) in [6.45, 7) is 2.88. The van der Waals surface area contributed by atoms with Gasteiger partial charge in [-0.05, 0) is 61.1 Å². The summed E-state index contributed by atoms with van der Waals surface area (Å²) in [4.78, 5) is 13.5. The molecule has 0 unspecified atom stereocenters. The molecule has 3 heterocycles. The van der Waals surface area contributed by atoms with Gasteiger partial charge in [0.05, 0.1) is 12.1 Å². The molecule has 1 amide bonds. The van der Waals surface area contributed by atoms with Crippen molar-refractivity contribution in [3.8, 4) is 0 Å². The number of amides is 1. The smallest absolute Gasteiger partial charge is 0.268 e. The molecule has 0 spiro atoms. The van der Waals surface area contributed by atoms with Crippen LogP contribution < -0.4 is 0 Å². The lowest BCUT2D eigenvalue weighted by atomic mass is 9.92. The van der Waals surface area contributed by atoms with Gasteiger partial charge in [-0.2, -0.15) is 5.10 Å². The fourth-order valence-corrected chi connectivity index (χ4v) is 5.19. The molecular formula is C23H25BrN4O. The van der Waals surface area contributed by atoms with Crippen molar-refractivity contribution in [2.24, 2.45) is 5.10 Å². The highest BCUT2D eigenvalue weighted by Crippen LogP contribution is 2.42. The third-order valence-corrected chi connectivity index (χ3v) is 6.70. The van der Waals surface area contributed by atoms with Gasteiger partial charge in [-0.25, -0.2) is 5.01 Å². The van der Waals surface area contributed by atoms with Gasteiger partial charge in [0.1, 0.15) is 0 Å². The van der Waals surface area contributed by atoms with Gasteiger partial charge in [0, 0.05) is 35.9 Å². The fourth-order valence-electron chi connectivity index (χ4n) is 4.78. The zero-order chi connectivity index (χ0) is 19.8. The van der Waals surface area contributed by atoms with Crippen LogP contribution in [-0.2, 0) is 6.42 Å². The van der Waals surface area contributed by atoms with Crippen molar-refractivity contribution in [1.82, 2.24) is 15.0 Å². The number of hydrogen-bond acceptors (Lipinski definition) is 4. The number of hydrazone groups is 1. The molecule has 3 aliphatic rings. The zero-order valence-electron chi connectivity index (χ0n) is 16.4. The Morgan fingerprint density at radius 2 is 1.86 bits per heavy atom. The molecule has 0 saturated carbocycles. The van der Waals surface area contributed by atoms with E-state index in [9.17, 15) is 4.79 Å². The van der Waals surface area contributed by atoms with Crippen LogP contribution in [-0.4, -0.2) is 52.8 Å². The Bertz CT molecular complexity index is 926. The second-order valence-electron chi connectivity index (χ2n) is 8.02. The molecular weight excluding hydrogens is 428 g/mol. The Hall–Kier alpha value is -2.18. The minimum Gasteiger partial charge on any atom is -0.297 e. The highest BCUT2D eigenvalue weighted by molar-refractivity contribution is 9.10. The Balaban J connectivity index is 1.48. The van der Waals surface area contributed by atoms with Crippen molar-refractivity contribution in [3.05, 3.63) is 69.7 Å². The topological polar surface area (TPSA) is 39.2 Å². The first-order valence-electron chi connectivity index (χ1n) is 10.4. The predicted molar refractivity (Wildman–Crippen MR) is 118 cm³/mol. The van der Waals surface area contributed by atoms with Crippen LogP contribution in [0.5, 0.6) is 0 Å². The van der Waals surface area contributed by atoms with Crippen molar-refractivity contribution < 1.29 is 4.79 Å². The number of carbonyl (C=O) groups excluding carboxylic acids is 1. The van der Waals surface area contributed by atoms with E-state index in [1.165, 1.54) is 24.0 Å². The molecule has 0 bridgehead atoms. The van der Waals surface area contributed by atoms with Gasteiger partial charge in [0.25, 0.3) is 5.91 Å². The summed E-state index contributed by atoms with van der Waals surface area (Å²) in [5, 5.41) is 11.1. The SMILES string of the molecule is O=C(c1ccccc1)N1[C@@H](/C=N/N2CCCC2)C[C@@H]2c3ccc(Br)cc3CCN21. The van der Waals surface area contributed by atoms with E-state index in [0.717, 1.165) is 42.5 Å². The van der Waals surface area contributed by atoms with E-state index in [1.54, 1.807) is 0 Å². The Kier molecular flexibility index (Phi) is 5.14. The van der Waals surface area contributed by atoms with Crippen LogP contribution in [0.15, 0.2) is 58.1 Å². The maximum absolute atomic E-state index is 13.5. The first-order valence-corrected chi connectivity index (χ1v) is 11.2. The summed E-state index contributed by atoms with van der Waals surface area (Å²) in [7, 11) is 0. The van der Waals surface area contributed by atoms with Gasteiger partial charge < -0.3 is 0 Å². The van der Waals surface area contributed by atoms with Crippen LogP contribution in [0, 0.1) is 0 Å². The summed E-state index contributed by atoms with van der Waals surface area (Å²) in [6, 6.07) is 16.3. The summed E-state index contributed by atoms with van der Waals surface area (Å²) >= 11 is 3.60. The molecule has 2 fully saturated rings. The van der Waals surface area contributed by atoms with Crippen molar-refractivity contribution >= 4 is 28.1 Å². The Morgan fingerprint density at radius 1 is 1.07 bits per heavy atom. The molecule has 2 aromatic rings. The van der Waals surface area contributed by atoms with Gasteiger partial charge in [-0.15, -0.1) is 0 Å². The van der Waals surface area contributed by atoms with Crippen LogP contribution in [0.2, 0.25) is 0 Å². The molecule has 5 nitrogen and oxygen atoms in total. The number of rotatable bonds is 3. The van der Waals surface area contributed by atoms with Crippen LogP contribution in [0.25, 0.3) is 0 Å². The number of hydrogen-bond donors (Lipinski definition) is 0. The van der Waals surface area contributed by atoms with Crippen LogP contribution >= 0.6 is 15.9 Å². The third kappa shape index (κ3) is 3.60. The van der Waals surface area contributed by atoms with E-state index >= 15 is 0 Å². The molecule has 2 aromatic carbocycles. The fraction of sp³-hybridized carbons (Fsp3) is 0.391. The number of fused-ring (bicyclic) bond motifs is 3. The van der Waals surface area contributed by atoms with Gasteiger partial charge >= 0.3 is 0 Å². The molecule has 3 aliphatic heterocycles. The third-order valence-electron chi connectivity index (χ3n) is 6.20. The van der Waals surface area contributed by atoms with E-state index in [0.29, 0.717) is 0 Å². The zero-order valence-corrected chi connectivity index (χ0v) is 18.0. The van der Waals surface area contributed by atoms with E-state index in [1.807, 2.05) is 41.6 Å². The largest absolute Gasteiger partial charge is 0.297 e. The van der Waals surface area contributed by atoms with Crippen molar-refractivity contribution in [1.29, 1.82) is 0 Å². The molecule has 150 valence electrons. The van der Waals surface area contributed by atoms with Crippen LogP contribution in [0.1, 0.15) is 46.8 Å². The molecule has 0 radical (unpaired) electrons. The first-order chi connectivity index (χ1) is 14.2. The average molecular weight is 453 g/mol. The van der Waals surface area contributed by atoms with Crippen molar-refractivity contribution in [2.45, 2.75) is 37.8 Å². The summed E-state index contributed by atoms with van der Waals surface area (Å²) in [5.74, 6) is 0.0616. The van der Waals surface area contributed by atoms with E-state index < -0.39 is 0 Å². The molecule has 6 heteroatoms. The number of halogens is 1. The number of benzene rings is 2. The summed E-state index contributed by atoms with van der Waals surface area (Å²) in [5.41, 5.74) is 3.45. The molecule has 29 heavy (non-hydrogen) atoms. The van der Waals surface area contributed by atoms with Crippen LogP contribution in [0.3, 0.4) is 0 Å². The molecule has 0 N–H and O–H groups in total. The molecule has 0 aliphatic carbocycles. The number of carbonyl (C=O) groups is 1. The lowest BCUT2D eigenvalue weighted by molar-refractivity contribution is -0.00624. The lowest BCUT2D eigenvalue weighted by Gasteiger charge is -2.37. The number of nitrogens with zero attached hydrogens (tertiary/aromatic N) is 4. The molecule has 5 rings (SSSR count). The Labute approximate surface area is 180 Å². The lowest BCUT2D eigenvalue weighted by Crippen LogP contribution is -2.48. The van der Waals surface area contributed by atoms with Crippen LogP contribution in [0.4, 0.5) is 0 Å². The second kappa shape index (κ2) is 7.92. The van der Waals surface area contributed by atoms with Crippen molar-refractivity contribution in [2.75, 3.05) is 19.6 Å². The minimum absolute atomic E-state index is 0.0251. The van der Waals surface area contributed by atoms with Gasteiger partial charge in [0.15, 0.2) is 0 Å². The normalized spacial score (nSPS) is 24.2. The number of hydrazine groups is 1. The molecule has 2 atom stereocenters. The second-order valence-corrected chi connectivity index (χ2v) is 8.93. The minimum atomic E-state index is -0.0251. The average Bonchev–Trinajstić information content (AvgIpc) is 3.39. The standard InChI is InChI=1S/C23H25BrN4O/c24-19-8-9-21-18(14-19)10-13-27-22(21)15-20(16-25-26-11-4-5-12-26)28(27)23(29)17-6-2-1-3-7-17/h1-3,6-9,14,16,20,22H,4-5,10-13,15H2/b25-16+/t20-,22-/m1/s1. The highest BCUT2D eigenvalue weighted by atomic mass is 79.9. The maximum Gasteiger partial charge on any atom is 0.268 e. The predicted octanol–water partition coefficient (Wildman–Crippen LogP) is 4.26. The molecule has 2 saturated heterocycles. The van der Waals surface area contributed by atoms with Crippen molar-refractivity contribution in [3.63, 3.8) is 0 Å². The van der Waals surface area contributed by atoms with E-state index in [-0.39, 0.29) is 18.0 Å². The van der Waals surface area contributed by atoms with Gasteiger partial charge in [-0.3, -0.25) is 14.8 Å². The highest BCUT2D eigenvalue weighted by Gasteiger charge is 2.44. The summed E-state index contributed by atoms with van der Waals surface area (Å²) < 4.78 is 1.12. The van der Waals surface area contributed by atoms with E-state index in [2.05, 4.69) is 44.1 Å². The molecule has 0 aromatic heterocycles. The first kappa shape index (κ1) is 18.8. The monoisotopic (exact) mass is 452 g/mol. The Morgan fingerprint density at radius 3 is 2.66 bits per heavy atom. The quantitative estimate of drug-likeness (QED) is 0.653. The summed E-state index contributed by atoms with van der Waals surface area (Å²) in [6.07, 6.45) is 6.23. The van der Waals surface area contributed by atoms with Gasteiger partial charge in [0.2, 0.25) is 0 Å². The van der Waals surface area contributed by atoms with Gasteiger partial charge in [-0.1, -0.05) is 40.2 Å².